The first-order valence-electron chi connectivity index (χ1n) is 5.49. The zero-order valence-electron chi connectivity index (χ0n) is 9.03. The zero-order valence-corrected chi connectivity index (χ0v) is 9.78. The molecule has 0 aliphatic carbocycles. The molecule has 16 heavy (non-hydrogen) atoms. The number of ether oxygens (including phenoxy) is 1. The van der Waals surface area contributed by atoms with Crippen molar-refractivity contribution in [1.82, 2.24) is 0 Å². The Labute approximate surface area is 100 Å². The number of nitrogen functional groups attached to an aromatic ring is 1. The van der Waals surface area contributed by atoms with Gasteiger partial charge in [-0.15, -0.1) is 0 Å². The molecule has 0 spiro atoms. The third kappa shape index (κ3) is 2.48. The van der Waals surface area contributed by atoms with E-state index in [9.17, 15) is 5.11 Å². The molecule has 1 aliphatic rings. The number of hydrogen-bond donors (Lipinski definition) is 2. The predicted octanol–water partition coefficient (Wildman–Crippen LogP) is 2.38. The number of rotatable bonds is 2. The van der Waals surface area contributed by atoms with Crippen molar-refractivity contribution in [2.75, 3.05) is 18.9 Å². The predicted molar refractivity (Wildman–Crippen MR) is 64.4 cm³/mol. The standard InChI is InChI=1S/C12H16ClNO2/c13-9-3-4-10(11(14)6-9)12(15)8-2-1-5-16-7-8/h3-4,6,8,12,15H,1-2,5,7,14H2. The number of aliphatic hydroxyl groups excluding tert-OH is 1. The molecule has 4 heteroatoms. The highest BCUT2D eigenvalue weighted by atomic mass is 35.5. The summed E-state index contributed by atoms with van der Waals surface area (Å²) in [5.41, 5.74) is 7.14. The normalized spacial score (nSPS) is 23.0. The highest BCUT2D eigenvalue weighted by molar-refractivity contribution is 6.30. The summed E-state index contributed by atoms with van der Waals surface area (Å²) >= 11 is 5.82. The van der Waals surface area contributed by atoms with Gasteiger partial charge in [-0.05, 0) is 25.0 Å². The third-order valence-electron chi connectivity index (χ3n) is 3.01. The molecule has 0 radical (unpaired) electrons. The SMILES string of the molecule is Nc1cc(Cl)ccc1C(O)C1CCCOC1. The van der Waals surface area contributed by atoms with E-state index in [1.165, 1.54) is 0 Å². The Kier molecular flexibility index (Phi) is 3.69. The summed E-state index contributed by atoms with van der Waals surface area (Å²) in [5, 5.41) is 10.8. The Hall–Kier alpha value is -0.770. The topological polar surface area (TPSA) is 55.5 Å². The second kappa shape index (κ2) is 5.04. The van der Waals surface area contributed by atoms with Crippen molar-refractivity contribution in [3.63, 3.8) is 0 Å². The molecule has 2 rings (SSSR count). The summed E-state index contributed by atoms with van der Waals surface area (Å²) in [5.74, 6) is 0.136. The number of anilines is 1. The van der Waals surface area contributed by atoms with Crippen molar-refractivity contribution in [1.29, 1.82) is 0 Å². The van der Waals surface area contributed by atoms with Crippen LogP contribution in [0, 0.1) is 5.92 Å². The fourth-order valence-corrected chi connectivity index (χ4v) is 2.26. The van der Waals surface area contributed by atoms with Crippen LogP contribution >= 0.6 is 11.6 Å². The van der Waals surface area contributed by atoms with Gasteiger partial charge in [0.15, 0.2) is 0 Å². The molecule has 88 valence electrons. The summed E-state index contributed by atoms with van der Waals surface area (Å²) in [7, 11) is 0. The first-order chi connectivity index (χ1) is 7.68. The van der Waals surface area contributed by atoms with Gasteiger partial charge in [0.25, 0.3) is 0 Å². The van der Waals surface area contributed by atoms with Crippen LogP contribution in [0.4, 0.5) is 5.69 Å². The van der Waals surface area contributed by atoms with Crippen molar-refractivity contribution in [3.8, 4) is 0 Å². The van der Waals surface area contributed by atoms with Crippen LogP contribution in [0.25, 0.3) is 0 Å². The molecule has 2 atom stereocenters. The lowest BCUT2D eigenvalue weighted by Crippen LogP contribution is -2.24. The van der Waals surface area contributed by atoms with E-state index >= 15 is 0 Å². The third-order valence-corrected chi connectivity index (χ3v) is 3.24. The lowest BCUT2D eigenvalue weighted by atomic mass is 9.90. The molecule has 1 aliphatic heterocycles. The molecule has 1 aromatic carbocycles. The van der Waals surface area contributed by atoms with Crippen LogP contribution in [-0.4, -0.2) is 18.3 Å². The highest BCUT2D eigenvalue weighted by Crippen LogP contribution is 2.32. The van der Waals surface area contributed by atoms with E-state index in [4.69, 9.17) is 22.1 Å². The quantitative estimate of drug-likeness (QED) is 0.782. The van der Waals surface area contributed by atoms with Gasteiger partial charge in [0, 0.05) is 28.8 Å². The summed E-state index contributed by atoms with van der Waals surface area (Å²) in [6.45, 7) is 1.39. The Bertz CT molecular complexity index is 364. The highest BCUT2D eigenvalue weighted by Gasteiger charge is 2.25. The van der Waals surface area contributed by atoms with Crippen LogP contribution in [0.5, 0.6) is 0 Å². The lowest BCUT2D eigenvalue weighted by molar-refractivity contribution is -0.00968. The van der Waals surface area contributed by atoms with Crippen molar-refractivity contribution < 1.29 is 9.84 Å². The molecule has 0 amide bonds. The molecule has 0 aromatic heterocycles. The van der Waals surface area contributed by atoms with E-state index in [2.05, 4.69) is 0 Å². The van der Waals surface area contributed by atoms with Gasteiger partial charge in [-0.25, -0.2) is 0 Å². The van der Waals surface area contributed by atoms with Gasteiger partial charge in [-0.1, -0.05) is 17.7 Å². The first kappa shape index (κ1) is 11.7. The molecule has 1 fully saturated rings. The summed E-state index contributed by atoms with van der Waals surface area (Å²) in [4.78, 5) is 0. The minimum absolute atomic E-state index is 0.136. The molecular formula is C12H16ClNO2. The Morgan fingerprint density at radius 2 is 2.31 bits per heavy atom. The molecule has 1 aromatic rings. The van der Waals surface area contributed by atoms with Crippen LogP contribution in [0.1, 0.15) is 24.5 Å². The number of hydrogen-bond acceptors (Lipinski definition) is 3. The lowest BCUT2D eigenvalue weighted by Gasteiger charge is -2.27. The van der Waals surface area contributed by atoms with Crippen molar-refractivity contribution in [2.45, 2.75) is 18.9 Å². The fraction of sp³-hybridized carbons (Fsp3) is 0.500. The second-order valence-corrected chi connectivity index (χ2v) is 4.63. The Morgan fingerprint density at radius 3 is 2.94 bits per heavy atom. The second-order valence-electron chi connectivity index (χ2n) is 4.20. The number of aliphatic hydroxyl groups is 1. The number of halogens is 1. The van der Waals surface area contributed by atoms with Crippen LogP contribution in [-0.2, 0) is 4.74 Å². The molecule has 0 saturated carbocycles. The van der Waals surface area contributed by atoms with E-state index in [0.717, 1.165) is 25.0 Å². The number of nitrogens with two attached hydrogens (primary N) is 1. The van der Waals surface area contributed by atoms with Gasteiger partial charge < -0.3 is 15.6 Å². The van der Waals surface area contributed by atoms with Gasteiger partial charge in [0.05, 0.1) is 12.7 Å². The largest absolute Gasteiger partial charge is 0.398 e. The molecule has 1 heterocycles. The van der Waals surface area contributed by atoms with E-state index in [1.807, 2.05) is 0 Å². The average molecular weight is 242 g/mol. The minimum atomic E-state index is -0.558. The molecule has 0 bridgehead atoms. The van der Waals surface area contributed by atoms with Crippen molar-refractivity contribution in [3.05, 3.63) is 28.8 Å². The van der Waals surface area contributed by atoms with Crippen molar-refractivity contribution in [2.24, 2.45) is 5.92 Å². The maximum atomic E-state index is 10.2. The summed E-state index contributed by atoms with van der Waals surface area (Å²) in [6.07, 6.45) is 1.41. The van der Waals surface area contributed by atoms with Gasteiger partial charge in [0.1, 0.15) is 0 Å². The van der Waals surface area contributed by atoms with Gasteiger partial charge in [0.2, 0.25) is 0 Å². The maximum absolute atomic E-state index is 10.2. The fourth-order valence-electron chi connectivity index (χ4n) is 2.08. The summed E-state index contributed by atoms with van der Waals surface area (Å²) in [6, 6.07) is 5.21. The average Bonchev–Trinajstić information content (AvgIpc) is 2.29. The van der Waals surface area contributed by atoms with Gasteiger partial charge in [-0.2, -0.15) is 0 Å². The molecule has 2 unspecified atom stereocenters. The molecule has 1 saturated heterocycles. The van der Waals surface area contributed by atoms with Crippen LogP contribution in [0.3, 0.4) is 0 Å². The first-order valence-corrected chi connectivity index (χ1v) is 5.87. The van der Waals surface area contributed by atoms with Crippen LogP contribution < -0.4 is 5.73 Å². The van der Waals surface area contributed by atoms with E-state index in [-0.39, 0.29) is 5.92 Å². The smallest absolute Gasteiger partial charge is 0.0860 e. The Balaban J connectivity index is 2.15. The number of benzene rings is 1. The maximum Gasteiger partial charge on any atom is 0.0860 e. The van der Waals surface area contributed by atoms with Gasteiger partial charge >= 0.3 is 0 Å². The minimum Gasteiger partial charge on any atom is -0.398 e. The molecule has 3 nitrogen and oxygen atoms in total. The van der Waals surface area contributed by atoms with Crippen molar-refractivity contribution >= 4 is 17.3 Å². The monoisotopic (exact) mass is 241 g/mol. The van der Waals surface area contributed by atoms with Crippen LogP contribution in [0.15, 0.2) is 18.2 Å². The zero-order chi connectivity index (χ0) is 11.5. The Morgan fingerprint density at radius 1 is 1.50 bits per heavy atom. The molecule has 3 N–H and O–H groups in total. The van der Waals surface area contributed by atoms with E-state index < -0.39 is 6.10 Å². The molecular weight excluding hydrogens is 226 g/mol. The van der Waals surface area contributed by atoms with E-state index in [1.54, 1.807) is 18.2 Å². The summed E-state index contributed by atoms with van der Waals surface area (Å²) < 4.78 is 5.36. The van der Waals surface area contributed by atoms with Gasteiger partial charge in [-0.3, -0.25) is 0 Å². The van der Waals surface area contributed by atoms with Crippen LogP contribution in [0.2, 0.25) is 5.02 Å². The van der Waals surface area contributed by atoms with E-state index in [0.29, 0.717) is 17.3 Å².